The Kier molecular flexibility index (Phi) is 5.04. The number of hydrogen-bond donors (Lipinski definition) is 2. The van der Waals surface area contributed by atoms with Crippen molar-refractivity contribution in [1.82, 2.24) is 15.5 Å². The number of piperazine rings is 1. The van der Waals surface area contributed by atoms with Crippen molar-refractivity contribution >= 4 is 0 Å². The molecule has 1 unspecified atom stereocenters. The minimum absolute atomic E-state index is 0.668. The second-order valence-corrected chi connectivity index (χ2v) is 4.68. The molecule has 2 heterocycles. The highest BCUT2D eigenvalue weighted by Crippen LogP contribution is 2.04. The zero-order valence-corrected chi connectivity index (χ0v) is 10.6. The van der Waals surface area contributed by atoms with E-state index in [9.17, 15) is 0 Å². The first-order valence-corrected chi connectivity index (χ1v) is 6.54. The summed E-state index contributed by atoms with van der Waals surface area (Å²) < 4.78 is 5.28. The number of nitrogens with one attached hydrogen (secondary N) is 2. The van der Waals surface area contributed by atoms with Crippen LogP contribution >= 0.6 is 0 Å². The van der Waals surface area contributed by atoms with Crippen LogP contribution in [0.2, 0.25) is 0 Å². The quantitative estimate of drug-likeness (QED) is 0.726. The fourth-order valence-corrected chi connectivity index (χ4v) is 2.24. The van der Waals surface area contributed by atoms with Crippen molar-refractivity contribution in [1.29, 1.82) is 0 Å². The molecule has 0 bridgehead atoms. The molecule has 1 aliphatic heterocycles. The van der Waals surface area contributed by atoms with E-state index in [4.69, 9.17) is 4.42 Å². The van der Waals surface area contributed by atoms with Gasteiger partial charge in [-0.15, -0.1) is 0 Å². The third-order valence-corrected chi connectivity index (χ3v) is 3.39. The first-order chi connectivity index (χ1) is 8.36. The Bertz CT molecular complexity index is 294. The van der Waals surface area contributed by atoms with E-state index in [0.29, 0.717) is 6.04 Å². The third-order valence-electron chi connectivity index (χ3n) is 3.39. The Morgan fingerprint density at radius 1 is 1.47 bits per heavy atom. The van der Waals surface area contributed by atoms with E-state index >= 15 is 0 Å². The first-order valence-electron chi connectivity index (χ1n) is 6.54. The van der Waals surface area contributed by atoms with Crippen LogP contribution in [0.1, 0.15) is 19.1 Å². The van der Waals surface area contributed by atoms with E-state index in [-0.39, 0.29) is 0 Å². The van der Waals surface area contributed by atoms with Crippen molar-refractivity contribution in [2.45, 2.75) is 25.9 Å². The number of nitrogens with zero attached hydrogens (tertiary/aromatic N) is 1. The van der Waals surface area contributed by atoms with Crippen LogP contribution in [0.25, 0.3) is 0 Å². The molecule has 0 saturated carbocycles. The van der Waals surface area contributed by atoms with Crippen LogP contribution in [0.15, 0.2) is 22.8 Å². The monoisotopic (exact) mass is 237 g/mol. The molecule has 1 fully saturated rings. The molecule has 4 heteroatoms. The number of rotatable bonds is 6. The van der Waals surface area contributed by atoms with E-state index in [1.807, 2.05) is 12.1 Å². The fraction of sp³-hybridized carbons (Fsp3) is 0.692. The van der Waals surface area contributed by atoms with Gasteiger partial charge in [-0.3, -0.25) is 4.90 Å². The maximum Gasteiger partial charge on any atom is 0.117 e. The molecule has 2 N–H and O–H groups in total. The van der Waals surface area contributed by atoms with Crippen LogP contribution in [-0.2, 0) is 6.54 Å². The molecule has 0 amide bonds. The Hall–Kier alpha value is -0.840. The molecule has 1 aromatic rings. The molecule has 2 rings (SSSR count). The lowest BCUT2D eigenvalue weighted by atomic mass is 10.2. The molecule has 96 valence electrons. The van der Waals surface area contributed by atoms with Gasteiger partial charge in [0.2, 0.25) is 0 Å². The summed E-state index contributed by atoms with van der Waals surface area (Å²) in [4.78, 5) is 2.56. The van der Waals surface area contributed by atoms with Gasteiger partial charge in [-0.25, -0.2) is 0 Å². The molecule has 0 aromatic carbocycles. The Balaban J connectivity index is 1.57. The molecular formula is C13H23N3O. The van der Waals surface area contributed by atoms with Gasteiger partial charge < -0.3 is 15.1 Å². The van der Waals surface area contributed by atoms with E-state index in [0.717, 1.165) is 31.9 Å². The van der Waals surface area contributed by atoms with Crippen molar-refractivity contribution in [3.8, 4) is 0 Å². The zero-order chi connectivity index (χ0) is 11.9. The Labute approximate surface area is 103 Å². The predicted octanol–water partition coefficient (Wildman–Crippen LogP) is 1.05. The van der Waals surface area contributed by atoms with E-state index in [1.54, 1.807) is 6.26 Å². The Morgan fingerprint density at radius 3 is 3.00 bits per heavy atom. The van der Waals surface area contributed by atoms with Crippen molar-refractivity contribution in [3.63, 3.8) is 0 Å². The molecule has 1 saturated heterocycles. The minimum Gasteiger partial charge on any atom is -0.468 e. The van der Waals surface area contributed by atoms with Gasteiger partial charge in [0, 0.05) is 32.2 Å². The lowest BCUT2D eigenvalue weighted by Crippen LogP contribution is -2.48. The molecule has 0 radical (unpaired) electrons. The van der Waals surface area contributed by atoms with Crippen LogP contribution in [-0.4, -0.2) is 43.7 Å². The van der Waals surface area contributed by atoms with Crippen LogP contribution < -0.4 is 10.6 Å². The lowest BCUT2D eigenvalue weighted by Gasteiger charge is -2.32. The average Bonchev–Trinajstić information content (AvgIpc) is 2.88. The van der Waals surface area contributed by atoms with Crippen molar-refractivity contribution in [2.75, 3.05) is 32.7 Å². The van der Waals surface area contributed by atoms with Crippen molar-refractivity contribution in [3.05, 3.63) is 24.2 Å². The van der Waals surface area contributed by atoms with Gasteiger partial charge in [0.05, 0.1) is 12.8 Å². The van der Waals surface area contributed by atoms with E-state index in [1.165, 1.54) is 19.5 Å². The second-order valence-electron chi connectivity index (χ2n) is 4.68. The summed E-state index contributed by atoms with van der Waals surface area (Å²) in [7, 11) is 0. The van der Waals surface area contributed by atoms with Gasteiger partial charge in [-0.05, 0) is 32.0 Å². The molecule has 1 aromatic heterocycles. The highest BCUT2D eigenvalue weighted by molar-refractivity contribution is 4.97. The average molecular weight is 237 g/mol. The SMILES string of the molecule is CC(CCNCc1ccco1)N1CCNCC1. The lowest BCUT2D eigenvalue weighted by molar-refractivity contribution is 0.176. The van der Waals surface area contributed by atoms with Gasteiger partial charge in [-0.1, -0.05) is 0 Å². The van der Waals surface area contributed by atoms with Gasteiger partial charge >= 0.3 is 0 Å². The highest BCUT2D eigenvalue weighted by atomic mass is 16.3. The van der Waals surface area contributed by atoms with Crippen LogP contribution in [0.4, 0.5) is 0 Å². The summed E-state index contributed by atoms with van der Waals surface area (Å²) in [5, 5.41) is 6.81. The molecule has 1 aliphatic rings. The summed E-state index contributed by atoms with van der Waals surface area (Å²) >= 11 is 0. The zero-order valence-electron chi connectivity index (χ0n) is 10.6. The standard InChI is InChI=1S/C13H23N3O/c1-12(16-8-6-14-7-9-16)4-5-15-11-13-3-2-10-17-13/h2-3,10,12,14-15H,4-9,11H2,1H3. The van der Waals surface area contributed by atoms with Crippen LogP contribution in [0.5, 0.6) is 0 Å². The molecule has 17 heavy (non-hydrogen) atoms. The third kappa shape index (κ3) is 4.15. The topological polar surface area (TPSA) is 40.4 Å². The molecule has 0 spiro atoms. The summed E-state index contributed by atoms with van der Waals surface area (Å²) in [5.74, 6) is 1.01. The van der Waals surface area contributed by atoms with Crippen LogP contribution in [0, 0.1) is 0 Å². The Morgan fingerprint density at radius 2 is 2.29 bits per heavy atom. The van der Waals surface area contributed by atoms with E-state index in [2.05, 4.69) is 22.5 Å². The second kappa shape index (κ2) is 6.79. The van der Waals surface area contributed by atoms with Crippen molar-refractivity contribution < 1.29 is 4.42 Å². The molecule has 1 atom stereocenters. The maximum absolute atomic E-state index is 5.28. The smallest absolute Gasteiger partial charge is 0.117 e. The predicted molar refractivity (Wildman–Crippen MR) is 68.9 cm³/mol. The number of furan rings is 1. The summed E-state index contributed by atoms with van der Waals surface area (Å²) in [6.07, 6.45) is 2.92. The summed E-state index contributed by atoms with van der Waals surface area (Å²) in [6, 6.07) is 4.61. The number of hydrogen-bond acceptors (Lipinski definition) is 4. The summed E-state index contributed by atoms with van der Waals surface area (Å²) in [6.45, 7) is 8.82. The molecule has 4 nitrogen and oxygen atoms in total. The maximum atomic E-state index is 5.28. The largest absolute Gasteiger partial charge is 0.468 e. The fourth-order valence-electron chi connectivity index (χ4n) is 2.24. The molecule has 0 aliphatic carbocycles. The first kappa shape index (κ1) is 12.6. The van der Waals surface area contributed by atoms with E-state index < -0.39 is 0 Å². The highest BCUT2D eigenvalue weighted by Gasteiger charge is 2.15. The van der Waals surface area contributed by atoms with Crippen LogP contribution in [0.3, 0.4) is 0 Å². The normalized spacial score (nSPS) is 19.4. The van der Waals surface area contributed by atoms with Gasteiger partial charge in [0.1, 0.15) is 5.76 Å². The summed E-state index contributed by atoms with van der Waals surface area (Å²) in [5.41, 5.74) is 0. The van der Waals surface area contributed by atoms with Gasteiger partial charge in [0.25, 0.3) is 0 Å². The van der Waals surface area contributed by atoms with Gasteiger partial charge in [0.15, 0.2) is 0 Å². The van der Waals surface area contributed by atoms with Gasteiger partial charge in [-0.2, -0.15) is 0 Å². The molecular weight excluding hydrogens is 214 g/mol. The van der Waals surface area contributed by atoms with Crippen molar-refractivity contribution in [2.24, 2.45) is 0 Å². The minimum atomic E-state index is 0.668.